The Morgan fingerprint density at radius 3 is 3.22 bits per heavy atom. The predicted octanol–water partition coefficient (Wildman–Crippen LogP) is 1.01. The first kappa shape index (κ1) is 11.3. The second kappa shape index (κ2) is 4.86. The van der Waals surface area contributed by atoms with E-state index >= 15 is 0 Å². The van der Waals surface area contributed by atoms with Crippen LogP contribution in [0.25, 0.3) is 0 Å². The normalized spacial score (nSPS) is 22.0. The van der Waals surface area contributed by atoms with Crippen molar-refractivity contribution in [3.8, 4) is 11.5 Å². The number of amides is 1. The standard InChI is InChI=1S/C13H16N2O3/c16-13-8-18-12-2-1-10(5-11(12)15-13)17-7-9-3-4-14-6-9/h1-2,5,9,14H,3-4,6-8H2,(H,15,16). The number of rotatable bonds is 3. The summed E-state index contributed by atoms with van der Waals surface area (Å²) in [5.41, 5.74) is 0.688. The third-order valence-corrected chi connectivity index (χ3v) is 3.23. The SMILES string of the molecule is O=C1COc2ccc(OCC3CCNC3)cc2N1. The molecule has 1 aromatic carbocycles. The molecule has 3 rings (SSSR count). The van der Waals surface area contributed by atoms with Crippen LogP contribution in [0, 0.1) is 5.92 Å². The van der Waals surface area contributed by atoms with Crippen molar-refractivity contribution < 1.29 is 14.3 Å². The lowest BCUT2D eigenvalue weighted by molar-refractivity contribution is -0.118. The van der Waals surface area contributed by atoms with Crippen LogP contribution in [0.5, 0.6) is 11.5 Å². The van der Waals surface area contributed by atoms with Crippen molar-refractivity contribution >= 4 is 11.6 Å². The number of benzene rings is 1. The Kier molecular flexibility index (Phi) is 3.06. The van der Waals surface area contributed by atoms with Crippen LogP contribution in [0.1, 0.15) is 6.42 Å². The van der Waals surface area contributed by atoms with Crippen molar-refractivity contribution in [3.63, 3.8) is 0 Å². The van der Waals surface area contributed by atoms with E-state index in [9.17, 15) is 4.79 Å². The Hall–Kier alpha value is -1.75. The number of nitrogens with one attached hydrogen (secondary N) is 2. The third kappa shape index (κ3) is 2.41. The molecule has 0 bridgehead atoms. The van der Waals surface area contributed by atoms with Crippen LogP contribution >= 0.6 is 0 Å². The highest BCUT2D eigenvalue weighted by Gasteiger charge is 2.18. The molecule has 2 aliphatic rings. The van der Waals surface area contributed by atoms with Gasteiger partial charge in [-0.15, -0.1) is 0 Å². The quantitative estimate of drug-likeness (QED) is 0.838. The Morgan fingerprint density at radius 1 is 1.44 bits per heavy atom. The molecule has 18 heavy (non-hydrogen) atoms. The van der Waals surface area contributed by atoms with Crippen LogP contribution in [-0.2, 0) is 4.79 Å². The smallest absolute Gasteiger partial charge is 0.262 e. The second-order valence-electron chi connectivity index (χ2n) is 4.66. The Bertz CT molecular complexity index is 456. The third-order valence-electron chi connectivity index (χ3n) is 3.23. The van der Waals surface area contributed by atoms with Crippen molar-refractivity contribution in [2.24, 2.45) is 5.92 Å². The van der Waals surface area contributed by atoms with Gasteiger partial charge >= 0.3 is 0 Å². The molecule has 0 aromatic heterocycles. The van der Waals surface area contributed by atoms with E-state index in [0.29, 0.717) is 24.0 Å². The van der Waals surface area contributed by atoms with E-state index in [-0.39, 0.29) is 12.5 Å². The summed E-state index contributed by atoms with van der Waals surface area (Å²) in [6.07, 6.45) is 1.16. The van der Waals surface area contributed by atoms with Gasteiger partial charge in [0.2, 0.25) is 0 Å². The van der Waals surface area contributed by atoms with Gasteiger partial charge in [-0.1, -0.05) is 0 Å². The lowest BCUT2D eigenvalue weighted by Crippen LogP contribution is -2.25. The summed E-state index contributed by atoms with van der Waals surface area (Å²) >= 11 is 0. The molecular weight excluding hydrogens is 232 g/mol. The highest BCUT2D eigenvalue weighted by molar-refractivity contribution is 5.95. The van der Waals surface area contributed by atoms with Crippen LogP contribution in [0.2, 0.25) is 0 Å². The molecule has 0 spiro atoms. The fourth-order valence-electron chi connectivity index (χ4n) is 2.22. The average molecular weight is 248 g/mol. The molecule has 1 aromatic rings. The van der Waals surface area contributed by atoms with Crippen LogP contribution in [0.4, 0.5) is 5.69 Å². The number of anilines is 1. The van der Waals surface area contributed by atoms with Crippen LogP contribution in [-0.4, -0.2) is 32.2 Å². The molecule has 2 N–H and O–H groups in total. The van der Waals surface area contributed by atoms with Crippen molar-refractivity contribution in [2.75, 3.05) is 31.6 Å². The molecule has 0 saturated carbocycles. The van der Waals surface area contributed by atoms with E-state index in [1.807, 2.05) is 18.2 Å². The second-order valence-corrected chi connectivity index (χ2v) is 4.66. The van der Waals surface area contributed by atoms with Gasteiger partial charge in [-0.25, -0.2) is 0 Å². The number of hydrogen-bond donors (Lipinski definition) is 2. The Labute approximate surface area is 105 Å². The molecule has 1 unspecified atom stereocenters. The van der Waals surface area contributed by atoms with Crippen LogP contribution < -0.4 is 20.1 Å². The lowest BCUT2D eigenvalue weighted by atomic mass is 10.1. The zero-order chi connectivity index (χ0) is 12.4. The van der Waals surface area contributed by atoms with Gasteiger partial charge in [0, 0.05) is 18.5 Å². The zero-order valence-corrected chi connectivity index (χ0v) is 10.1. The maximum Gasteiger partial charge on any atom is 0.262 e. The number of ether oxygens (including phenoxy) is 2. The minimum Gasteiger partial charge on any atom is -0.493 e. The van der Waals surface area contributed by atoms with Gasteiger partial charge in [0.25, 0.3) is 5.91 Å². The molecule has 96 valence electrons. The van der Waals surface area contributed by atoms with Crippen molar-refractivity contribution in [1.29, 1.82) is 0 Å². The van der Waals surface area contributed by atoms with Crippen molar-refractivity contribution in [1.82, 2.24) is 5.32 Å². The minimum atomic E-state index is -0.125. The summed E-state index contributed by atoms with van der Waals surface area (Å²) in [6.45, 7) is 2.88. The molecule has 1 saturated heterocycles. The van der Waals surface area contributed by atoms with E-state index < -0.39 is 0 Å². The van der Waals surface area contributed by atoms with Gasteiger partial charge in [-0.05, 0) is 25.1 Å². The maximum atomic E-state index is 11.2. The minimum absolute atomic E-state index is 0.0843. The van der Waals surface area contributed by atoms with Gasteiger partial charge in [0.1, 0.15) is 11.5 Å². The van der Waals surface area contributed by atoms with Crippen molar-refractivity contribution in [3.05, 3.63) is 18.2 Å². The molecule has 1 fully saturated rings. The van der Waals surface area contributed by atoms with E-state index in [1.54, 1.807) is 0 Å². The molecule has 5 heteroatoms. The zero-order valence-electron chi connectivity index (χ0n) is 10.1. The Morgan fingerprint density at radius 2 is 2.39 bits per heavy atom. The van der Waals surface area contributed by atoms with Crippen molar-refractivity contribution in [2.45, 2.75) is 6.42 Å². The maximum absolute atomic E-state index is 11.2. The number of carbonyl (C=O) groups is 1. The van der Waals surface area contributed by atoms with E-state index in [1.165, 1.54) is 0 Å². The highest BCUT2D eigenvalue weighted by Crippen LogP contribution is 2.31. The van der Waals surface area contributed by atoms with Gasteiger partial charge in [0.05, 0.1) is 12.3 Å². The van der Waals surface area contributed by atoms with Gasteiger partial charge < -0.3 is 20.1 Å². The molecule has 0 aliphatic carbocycles. The molecule has 1 amide bonds. The van der Waals surface area contributed by atoms with E-state index in [0.717, 1.165) is 25.3 Å². The van der Waals surface area contributed by atoms with Gasteiger partial charge in [-0.2, -0.15) is 0 Å². The summed E-state index contributed by atoms with van der Waals surface area (Å²) < 4.78 is 11.0. The monoisotopic (exact) mass is 248 g/mol. The first-order valence-electron chi connectivity index (χ1n) is 6.21. The van der Waals surface area contributed by atoms with Gasteiger partial charge in [0.15, 0.2) is 6.61 Å². The van der Waals surface area contributed by atoms with E-state index in [2.05, 4.69) is 10.6 Å². The lowest BCUT2D eigenvalue weighted by Gasteiger charge is -2.19. The molecule has 1 atom stereocenters. The molecule has 2 aliphatic heterocycles. The number of carbonyl (C=O) groups excluding carboxylic acids is 1. The Balaban J connectivity index is 1.65. The molecule has 5 nitrogen and oxygen atoms in total. The summed E-state index contributed by atoms with van der Waals surface area (Å²) in [5.74, 6) is 1.92. The topological polar surface area (TPSA) is 59.6 Å². The fraction of sp³-hybridized carbons (Fsp3) is 0.462. The van der Waals surface area contributed by atoms with Gasteiger partial charge in [-0.3, -0.25) is 4.79 Å². The molecule has 0 radical (unpaired) electrons. The summed E-state index contributed by atoms with van der Waals surface area (Å²) in [6, 6.07) is 5.52. The average Bonchev–Trinajstić information content (AvgIpc) is 2.89. The highest BCUT2D eigenvalue weighted by atomic mass is 16.5. The summed E-state index contributed by atoms with van der Waals surface area (Å²) in [4.78, 5) is 11.2. The number of fused-ring (bicyclic) bond motifs is 1. The molecule has 2 heterocycles. The molecular formula is C13H16N2O3. The summed E-state index contributed by atoms with van der Waals surface area (Å²) in [7, 11) is 0. The predicted molar refractivity (Wildman–Crippen MR) is 67.0 cm³/mol. The summed E-state index contributed by atoms with van der Waals surface area (Å²) in [5, 5.41) is 6.08. The van der Waals surface area contributed by atoms with E-state index in [4.69, 9.17) is 9.47 Å². The van der Waals surface area contributed by atoms with Crippen LogP contribution in [0.15, 0.2) is 18.2 Å². The largest absolute Gasteiger partial charge is 0.493 e. The first-order valence-corrected chi connectivity index (χ1v) is 6.21. The number of hydrogen-bond acceptors (Lipinski definition) is 4. The fourth-order valence-corrected chi connectivity index (χ4v) is 2.22. The van der Waals surface area contributed by atoms with Crippen LogP contribution in [0.3, 0.4) is 0 Å². The first-order chi connectivity index (χ1) is 8.81.